The van der Waals surface area contributed by atoms with Crippen molar-refractivity contribution in [3.63, 3.8) is 0 Å². The first kappa shape index (κ1) is 20.6. The molecule has 154 valence electrons. The van der Waals surface area contributed by atoms with Gasteiger partial charge in [0.25, 0.3) is 10.0 Å². The SMILES string of the molecule is COC(=O)NS(=O)(=O)c1ccc(-n2nc(C(F)(F)F)cc2C2=CCCC=C2)cc1. The fraction of sp³-hybridized carbons (Fsp3) is 0.222. The molecule has 2 aromatic rings. The molecular weight excluding hydrogens is 411 g/mol. The predicted octanol–water partition coefficient (Wildman–Crippen LogP) is 3.67. The minimum Gasteiger partial charge on any atom is -0.452 e. The number of aromatic nitrogens is 2. The standard InChI is InChI=1S/C18H16F3N3O4S/c1-28-17(25)23-29(26,27)14-9-7-13(8-10-14)24-15(12-5-3-2-4-6-12)11-16(22-24)18(19,20)21/h3,5-11H,2,4H2,1H3,(H,23,25). The average Bonchev–Trinajstić information content (AvgIpc) is 3.14. The maximum absolute atomic E-state index is 13.2. The zero-order valence-corrected chi connectivity index (χ0v) is 15.9. The molecule has 7 nitrogen and oxygen atoms in total. The molecule has 0 saturated heterocycles. The molecule has 0 radical (unpaired) electrons. The van der Waals surface area contributed by atoms with E-state index in [1.54, 1.807) is 10.8 Å². The summed E-state index contributed by atoms with van der Waals surface area (Å²) in [5, 5.41) is 3.66. The number of alkyl halides is 3. The van der Waals surface area contributed by atoms with Gasteiger partial charge in [-0.15, -0.1) is 0 Å². The van der Waals surface area contributed by atoms with Gasteiger partial charge in [0, 0.05) is 0 Å². The Labute approximate surface area is 164 Å². The highest BCUT2D eigenvalue weighted by Gasteiger charge is 2.35. The lowest BCUT2D eigenvalue weighted by molar-refractivity contribution is -0.141. The van der Waals surface area contributed by atoms with Crippen molar-refractivity contribution < 1.29 is 31.1 Å². The largest absolute Gasteiger partial charge is 0.452 e. The number of hydrogen-bond acceptors (Lipinski definition) is 5. The highest BCUT2D eigenvalue weighted by Crippen LogP contribution is 2.33. The Kier molecular flexibility index (Phi) is 5.51. The van der Waals surface area contributed by atoms with Crippen molar-refractivity contribution in [3.05, 3.63) is 59.9 Å². The van der Waals surface area contributed by atoms with Gasteiger partial charge in [0.15, 0.2) is 5.69 Å². The number of hydrogen-bond donors (Lipinski definition) is 1. The fourth-order valence-electron chi connectivity index (χ4n) is 2.70. The Balaban J connectivity index is 2.02. The molecule has 1 aromatic carbocycles. The number of nitrogens with one attached hydrogen (secondary N) is 1. The monoisotopic (exact) mass is 427 g/mol. The normalized spacial score (nSPS) is 14.4. The van der Waals surface area contributed by atoms with E-state index in [2.05, 4.69) is 9.84 Å². The first-order chi connectivity index (χ1) is 13.6. The summed E-state index contributed by atoms with van der Waals surface area (Å²) >= 11 is 0. The summed E-state index contributed by atoms with van der Waals surface area (Å²) in [4.78, 5) is 10.9. The van der Waals surface area contributed by atoms with Gasteiger partial charge in [0.1, 0.15) is 0 Å². The van der Waals surface area contributed by atoms with Gasteiger partial charge in [-0.25, -0.2) is 22.6 Å². The lowest BCUT2D eigenvalue weighted by Crippen LogP contribution is -2.30. The third kappa shape index (κ3) is 4.50. The van der Waals surface area contributed by atoms with E-state index in [9.17, 15) is 26.4 Å². The maximum atomic E-state index is 13.2. The third-order valence-electron chi connectivity index (χ3n) is 4.09. The second-order valence-electron chi connectivity index (χ2n) is 6.05. The van der Waals surface area contributed by atoms with Crippen LogP contribution in [0.5, 0.6) is 0 Å². The van der Waals surface area contributed by atoms with Crippen LogP contribution >= 0.6 is 0 Å². The number of ether oxygens (including phenoxy) is 1. The van der Waals surface area contributed by atoms with Crippen molar-refractivity contribution in [1.29, 1.82) is 0 Å². The number of sulfonamides is 1. The zero-order valence-electron chi connectivity index (χ0n) is 15.1. The van der Waals surface area contributed by atoms with Crippen LogP contribution in [0.25, 0.3) is 11.3 Å². The second-order valence-corrected chi connectivity index (χ2v) is 7.74. The van der Waals surface area contributed by atoms with Crippen LogP contribution in [0.2, 0.25) is 0 Å². The predicted molar refractivity (Wildman–Crippen MR) is 97.6 cm³/mol. The Morgan fingerprint density at radius 2 is 1.90 bits per heavy atom. The molecule has 1 heterocycles. The molecule has 1 aliphatic carbocycles. The van der Waals surface area contributed by atoms with Crippen molar-refractivity contribution in [3.8, 4) is 5.69 Å². The topological polar surface area (TPSA) is 90.3 Å². The van der Waals surface area contributed by atoms with Gasteiger partial charge in [-0.2, -0.15) is 18.3 Å². The van der Waals surface area contributed by atoms with E-state index in [-0.39, 0.29) is 16.3 Å². The number of allylic oxidation sites excluding steroid dienone is 4. The highest BCUT2D eigenvalue weighted by molar-refractivity contribution is 7.90. The van der Waals surface area contributed by atoms with Gasteiger partial charge >= 0.3 is 12.3 Å². The van der Waals surface area contributed by atoms with E-state index in [0.717, 1.165) is 36.4 Å². The molecule has 0 aliphatic heterocycles. The van der Waals surface area contributed by atoms with E-state index in [4.69, 9.17) is 0 Å². The zero-order chi connectivity index (χ0) is 21.2. The van der Waals surface area contributed by atoms with E-state index < -0.39 is 28.0 Å². The number of carbonyl (C=O) groups excluding carboxylic acids is 1. The van der Waals surface area contributed by atoms with Crippen molar-refractivity contribution in [2.75, 3.05) is 7.11 Å². The first-order valence-corrected chi connectivity index (χ1v) is 9.85. The summed E-state index contributed by atoms with van der Waals surface area (Å²) in [6.07, 6.45) is 1.08. The van der Waals surface area contributed by atoms with Crippen LogP contribution in [0.3, 0.4) is 0 Å². The van der Waals surface area contributed by atoms with E-state index in [1.807, 2.05) is 12.2 Å². The van der Waals surface area contributed by atoms with Crippen LogP contribution in [-0.2, 0) is 20.9 Å². The summed E-state index contributed by atoms with van der Waals surface area (Å²) in [6.45, 7) is 0. The quantitative estimate of drug-likeness (QED) is 0.804. The van der Waals surface area contributed by atoms with Crippen LogP contribution in [0.1, 0.15) is 24.2 Å². The summed E-state index contributed by atoms with van der Waals surface area (Å²) in [6, 6.07) is 5.87. The minimum atomic E-state index is -4.63. The van der Waals surface area contributed by atoms with Gasteiger partial charge in [-0.3, -0.25) is 0 Å². The number of benzene rings is 1. The molecule has 3 rings (SSSR count). The van der Waals surface area contributed by atoms with E-state index in [0.29, 0.717) is 12.0 Å². The number of carbonyl (C=O) groups is 1. The Morgan fingerprint density at radius 3 is 2.45 bits per heavy atom. The molecule has 1 amide bonds. The smallest absolute Gasteiger partial charge is 0.435 e. The number of halogens is 3. The molecule has 0 fully saturated rings. The minimum absolute atomic E-state index is 0.229. The molecule has 29 heavy (non-hydrogen) atoms. The molecule has 11 heteroatoms. The van der Waals surface area contributed by atoms with E-state index in [1.165, 1.54) is 12.1 Å². The van der Waals surface area contributed by atoms with Gasteiger partial charge in [0.2, 0.25) is 0 Å². The Bertz CT molecular complexity index is 1080. The van der Waals surface area contributed by atoms with Gasteiger partial charge in [0.05, 0.1) is 23.4 Å². The molecule has 1 N–H and O–H groups in total. The molecule has 0 spiro atoms. The molecular formula is C18H16F3N3O4S. The molecule has 1 aliphatic rings. The molecule has 0 unspecified atom stereocenters. The summed E-state index contributed by atoms with van der Waals surface area (Å²) in [7, 11) is -3.16. The number of methoxy groups -OCH3 is 1. The van der Waals surface area contributed by atoms with Gasteiger partial charge in [-0.1, -0.05) is 18.2 Å². The van der Waals surface area contributed by atoms with Crippen molar-refractivity contribution in [2.45, 2.75) is 23.9 Å². The molecule has 0 saturated carbocycles. The van der Waals surface area contributed by atoms with Crippen LogP contribution in [-0.4, -0.2) is 31.4 Å². The first-order valence-electron chi connectivity index (χ1n) is 8.37. The molecule has 0 atom stereocenters. The number of rotatable bonds is 4. The summed E-state index contributed by atoms with van der Waals surface area (Å²) in [5.41, 5.74) is -0.0105. The van der Waals surface area contributed by atoms with Crippen molar-refractivity contribution >= 4 is 21.7 Å². The van der Waals surface area contributed by atoms with Gasteiger partial charge < -0.3 is 4.74 Å². The van der Waals surface area contributed by atoms with E-state index >= 15 is 0 Å². The molecule has 0 bridgehead atoms. The Morgan fingerprint density at radius 1 is 1.21 bits per heavy atom. The lowest BCUT2D eigenvalue weighted by Gasteiger charge is -2.11. The second kappa shape index (κ2) is 7.74. The number of amides is 1. The third-order valence-corrected chi connectivity index (χ3v) is 5.41. The van der Waals surface area contributed by atoms with Gasteiger partial charge in [-0.05, 0) is 48.7 Å². The van der Waals surface area contributed by atoms with Crippen molar-refractivity contribution in [2.24, 2.45) is 0 Å². The number of nitrogens with zero attached hydrogens (tertiary/aromatic N) is 2. The summed E-state index contributed by atoms with van der Waals surface area (Å²) in [5.74, 6) is 0. The van der Waals surface area contributed by atoms with Crippen LogP contribution in [0, 0.1) is 0 Å². The van der Waals surface area contributed by atoms with Crippen LogP contribution in [0.15, 0.2) is 53.5 Å². The fourth-order valence-corrected chi connectivity index (χ4v) is 3.62. The van der Waals surface area contributed by atoms with Crippen molar-refractivity contribution in [1.82, 2.24) is 14.5 Å². The Hall–Kier alpha value is -3.08. The maximum Gasteiger partial charge on any atom is 0.435 e. The molecule has 1 aromatic heterocycles. The lowest BCUT2D eigenvalue weighted by atomic mass is 10.0. The summed E-state index contributed by atoms with van der Waals surface area (Å²) < 4.78 is 70.8. The van der Waals surface area contributed by atoms with Crippen LogP contribution in [0.4, 0.5) is 18.0 Å². The highest BCUT2D eigenvalue weighted by atomic mass is 32.2. The average molecular weight is 427 g/mol. The van der Waals surface area contributed by atoms with Crippen LogP contribution < -0.4 is 4.72 Å².